The van der Waals surface area contributed by atoms with Crippen LogP contribution in [0.5, 0.6) is 5.75 Å². The maximum atomic E-state index is 12.4. The molecule has 2 aromatic carbocycles. The fourth-order valence-corrected chi connectivity index (χ4v) is 4.25. The lowest BCUT2D eigenvalue weighted by Crippen LogP contribution is -2.34. The number of thiocarbonyl (C=S) groups is 1. The summed E-state index contributed by atoms with van der Waals surface area (Å²) in [6.45, 7) is 2.43. The van der Waals surface area contributed by atoms with Gasteiger partial charge < -0.3 is 10.1 Å². The van der Waals surface area contributed by atoms with Crippen molar-refractivity contribution in [1.29, 1.82) is 0 Å². The molecule has 0 bridgehead atoms. The summed E-state index contributed by atoms with van der Waals surface area (Å²) in [5.74, 6) is 0.318. The highest BCUT2D eigenvalue weighted by Crippen LogP contribution is 2.35. The number of amides is 1. The van der Waals surface area contributed by atoms with E-state index in [-0.39, 0.29) is 11.0 Å². The zero-order chi connectivity index (χ0) is 19.6. The smallest absolute Gasteiger partial charge is 0.257 e. The number of nitrogens with one attached hydrogen (secondary N) is 2. The van der Waals surface area contributed by atoms with Gasteiger partial charge in [-0.2, -0.15) is 0 Å². The molecular weight excluding hydrogens is 493 g/mol. The Balaban J connectivity index is 1.69. The fraction of sp³-hybridized carbons (Fsp3) is 0.118. The van der Waals surface area contributed by atoms with Crippen molar-refractivity contribution < 1.29 is 9.53 Å². The molecular formula is C17H12BrCl2N3O2S2. The molecule has 27 heavy (non-hydrogen) atoms. The average Bonchev–Trinajstić information content (AvgIpc) is 3.03. The van der Waals surface area contributed by atoms with Crippen LogP contribution >= 0.6 is 62.7 Å². The highest BCUT2D eigenvalue weighted by atomic mass is 79.9. The van der Waals surface area contributed by atoms with Gasteiger partial charge >= 0.3 is 0 Å². The molecule has 3 aromatic rings. The number of nitrogens with zero attached hydrogens (tertiary/aromatic N) is 1. The second-order valence-corrected chi connectivity index (χ2v) is 8.29. The van der Waals surface area contributed by atoms with E-state index in [9.17, 15) is 4.79 Å². The number of fused-ring (bicyclic) bond motifs is 1. The molecule has 10 heteroatoms. The highest BCUT2D eigenvalue weighted by Gasteiger charge is 2.14. The maximum Gasteiger partial charge on any atom is 0.257 e. The summed E-state index contributed by atoms with van der Waals surface area (Å²) in [5.41, 5.74) is 1.02. The van der Waals surface area contributed by atoms with E-state index < -0.39 is 0 Å². The van der Waals surface area contributed by atoms with E-state index in [0.717, 1.165) is 4.70 Å². The lowest BCUT2D eigenvalue weighted by molar-refractivity contribution is 0.0977. The molecule has 5 nitrogen and oxygen atoms in total. The third-order valence-corrected chi connectivity index (χ3v) is 5.95. The molecule has 1 heterocycles. The zero-order valence-electron chi connectivity index (χ0n) is 13.8. The monoisotopic (exact) mass is 503 g/mol. The minimum absolute atomic E-state index is 0.131. The number of hydrogen-bond acceptors (Lipinski definition) is 5. The van der Waals surface area contributed by atoms with E-state index in [0.29, 0.717) is 43.1 Å². The largest absolute Gasteiger partial charge is 0.493 e. The van der Waals surface area contributed by atoms with E-state index in [1.807, 2.05) is 13.0 Å². The third-order valence-electron chi connectivity index (χ3n) is 3.39. The Morgan fingerprint density at radius 3 is 2.81 bits per heavy atom. The van der Waals surface area contributed by atoms with Crippen molar-refractivity contribution in [3.8, 4) is 5.75 Å². The number of rotatable bonds is 4. The van der Waals surface area contributed by atoms with Crippen molar-refractivity contribution in [3.63, 3.8) is 0 Å². The lowest BCUT2D eigenvalue weighted by atomic mass is 10.2. The van der Waals surface area contributed by atoms with Crippen molar-refractivity contribution in [2.24, 2.45) is 0 Å². The zero-order valence-corrected chi connectivity index (χ0v) is 18.5. The summed E-state index contributed by atoms with van der Waals surface area (Å²) < 4.78 is 6.98. The van der Waals surface area contributed by atoms with Crippen LogP contribution in [-0.2, 0) is 0 Å². The van der Waals surface area contributed by atoms with E-state index >= 15 is 0 Å². The van der Waals surface area contributed by atoms with Gasteiger partial charge in [-0.1, -0.05) is 34.5 Å². The normalized spacial score (nSPS) is 10.7. The molecule has 0 saturated carbocycles. The van der Waals surface area contributed by atoms with Gasteiger partial charge in [-0.3, -0.25) is 10.1 Å². The van der Waals surface area contributed by atoms with E-state index in [1.54, 1.807) is 24.3 Å². The van der Waals surface area contributed by atoms with Gasteiger partial charge in [-0.15, -0.1) is 0 Å². The molecule has 0 radical (unpaired) electrons. The molecule has 0 atom stereocenters. The Hall–Kier alpha value is -1.45. The van der Waals surface area contributed by atoms with Crippen molar-refractivity contribution in [3.05, 3.63) is 50.4 Å². The van der Waals surface area contributed by atoms with Gasteiger partial charge in [0, 0.05) is 5.56 Å². The Kier molecular flexibility index (Phi) is 6.54. The van der Waals surface area contributed by atoms with Crippen LogP contribution in [0.2, 0.25) is 10.0 Å². The minimum Gasteiger partial charge on any atom is -0.493 e. The number of thiazole rings is 1. The van der Waals surface area contributed by atoms with Crippen LogP contribution in [0.15, 0.2) is 34.8 Å². The molecule has 3 rings (SSSR count). The van der Waals surface area contributed by atoms with Gasteiger partial charge in [-0.25, -0.2) is 4.98 Å². The topological polar surface area (TPSA) is 63.2 Å². The minimum atomic E-state index is -0.349. The van der Waals surface area contributed by atoms with Crippen LogP contribution in [-0.4, -0.2) is 22.6 Å². The Morgan fingerprint density at radius 1 is 1.33 bits per heavy atom. The van der Waals surface area contributed by atoms with E-state index in [2.05, 4.69) is 31.5 Å². The molecule has 0 fully saturated rings. The van der Waals surface area contributed by atoms with Gasteiger partial charge in [-0.05, 0) is 65.4 Å². The molecule has 0 aliphatic heterocycles. The molecule has 1 amide bonds. The van der Waals surface area contributed by atoms with Crippen molar-refractivity contribution in [1.82, 2.24) is 10.3 Å². The molecule has 0 saturated heterocycles. The average molecular weight is 505 g/mol. The molecule has 0 unspecified atom stereocenters. The van der Waals surface area contributed by atoms with Crippen LogP contribution in [0.3, 0.4) is 0 Å². The number of carbonyl (C=O) groups is 1. The summed E-state index contributed by atoms with van der Waals surface area (Å²) in [5, 5.41) is 6.96. The molecule has 2 N–H and O–H groups in total. The number of ether oxygens (including phenoxy) is 1. The number of halogens is 3. The molecule has 1 aromatic heterocycles. The van der Waals surface area contributed by atoms with Gasteiger partial charge in [0.1, 0.15) is 11.3 Å². The summed E-state index contributed by atoms with van der Waals surface area (Å²) in [4.78, 5) is 16.7. The van der Waals surface area contributed by atoms with E-state index in [4.69, 9.17) is 40.2 Å². The Morgan fingerprint density at radius 2 is 2.11 bits per heavy atom. The quantitative estimate of drug-likeness (QED) is 0.433. The van der Waals surface area contributed by atoms with Crippen molar-refractivity contribution in [2.45, 2.75) is 6.92 Å². The number of aromatic nitrogens is 1. The second kappa shape index (κ2) is 8.70. The highest BCUT2D eigenvalue weighted by molar-refractivity contribution is 9.10. The van der Waals surface area contributed by atoms with E-state index in [1.165, 1.54) is 11.3 Å². The second-order valence-electron chi connectivity index (χ2n) is 5.21. The number of hydrogen-bond donors (Lipinski definition) is 2. The first kappa shape index (κ1) is 20.3. The molecule has 0 aliphatic rings. The van der Waals surface area contributed by atoms with Crippen LogP contribution in [0.1, 0.15) is 17.3 Å². The number of benzene rings is 2. The lowest BCUT2D eigenvalue weighted by Gasteiger charge is -2.09. The summed E-state index contributed by atoms with van der Waals surface area (Å²) >= 11 is 22.1. The van der Waals surface area contributed by atoms with Gasteiger partial charge in [0.05, 0.1) is 25.8 Å². The summed E-state index contributed by atoms with van der Waals surface area (Å²) in [6.07, 6.45) is 0. The first-order valence-electron chi connectivity index (χ1n) is 7.68. The first-order chi connectivity index (χ1) is 12.9. The molecule has 0 aliphatic carbocycles. The molecule has 140 valence electrons. The Labute approximate surface area is 183 Å². The van der Waals surface area contributed by atoms with Gasteiger partial charge in [0.25, 0.3) is 5.91 Å². The standard InChI is InChI=1S/C17H12BrCl2N3O2S2/c1-2-25-11-5-3-8(7-9(11)18)15(24)22-16(26)23-17-21-14-12(27-17)6-4-10(19)13(14)20/h3-7H,2H2,1H3,(H2,21,22,23,24,26). The predicted octanol–water partition coefficient (Wildman–Crippen LogP) is 5.89. The predicted molar refractivity (Wildman–Crippen MR) is 119 cm³/mol. The van der Waals surface area contributed by atoms with Crippen LogP contribution in [0, 0.1) is 0 Å². The third kappa shape index (κ3) is 4.70. The van der Waals surface area contributed by atoms with Crippen LogP contribution < -0.4 is 15.4 Å². The number of carbonyl (C=O) groups excluding carboxylic acids is 1. The van der Waals surface area contributed by atoms with Gasteiger partial charge in [0.15, 0.2) is 10.2 Å². The first-order valence-corrected chi connectivity index (χ1v) is 10.5. The summed E-state index contributed by atoms with van der Waals surface area (Å²) in [6, 6.07) is 8.58. The Bertz CT molecular complexity index is 1040. The summed E-state index contributed by atoms with van der Waals surface area (Å²) in [7, 11) is 0. The van der Waals surface area contributed by atoms with Crippen molar-refractivity contribution in [2.75, 3.05) is 11.9 Å². The fourth-order valence-electron chi connectivity index (χ4n) is 2.21. The van der Waals surface area contributed by atoms with Gasteiger partial charge in [0.2, 0.25) is 0 Å². The SMILES string of the molecule is CCOc1ccc(C(=O)NC(=S)Nc2nc3c(Cl)c(Cl)ccc3s2)cc1Br. The maximum absolute atomic E-state index is 12.4. The van der Waals surface area contributed by atoms with Crippen LogP contribution in [0.4, 0.5) is 5.13 Å². The molecule has 0 spiro atoms. The van der Waals surface area contributed by atoms with Crippen LogP contribution in [0.25, 0.3) is 10.2 Å². The van der Waals surface area contributed by atoms with Crippen molar-refractivity contribution >= 4 is 89.1 Å². The number of anilines is 1.